The van der Waals surface area contributed by atoms with Crippen LogP contribution < -0.4 is 5.32 Å². The molecule has 0 aliphatic heterocycles. The number of fused-ring (bicyclic) bond motifs is 1. The van der Waals surface area contributed by atoms with Gasteiger partial charge in [0.05, 0.1) is 0 Å². The van der Waals surface area contributed by atoms with E-state index in [1.54, 1.807) is 0 Å². The van der Waals surface area contributed by atoms with Crippen LogP contribution in [0.5, 0.6) is 0 Å². The van der Waals surface area contributed by atoms with E-state index in [1.807, 2.05) is 0 Å². The summed E-state index contributed by atoms with van der Waals surface area (Å²) in [7, 11) is 0. The zero-order chi connectivity index (χ0) is 14.1. The van der Waals surface area contributed by atoms with Crippen LogP contribution in [0.15, 0.2) is 30.6 Å². The van der Waals surface area contributed by atoms with Crippen molar-refractivity contribution in [2.24, 2.45) is 0 Å². The standard InChI is InChI=1S/C16H18ClN3/c1-10(2)14-15(17)18-9-19-16(14)20-13-7-11-5-3-4-6-12(11)8-13/h3-6,9-10,13H,7-8H2,1-2H3,(H,18,19,20). The second-order valence-electron chi connectivity index (χ2n) is 5.60. The Morgan fingerprint density at radius 3 is 2.40 bits per heavy atom. The number of nitrogens with one attached hydrogen (secondary N) is 1. The zero-order valence-corrected chi connectivity index (χ0v) is 12.5. The minimum atomic E-state index is 0.301. The number of hydrogen-bond donors (Lipinski definition) is 1. The molecule has 0 radical (unpaired) electrons. The number of aromatic nitrogens is 2. The molecule has 1 aliphatic carbocycles. The summed E-state index contributed by atoms with van der Waals surface area (Å²) in [5, 5.41) is 4.09. The van der Waals surface area contributed by atoms with Crippen LogP contribution in [-0.2, 0) is 12.8 Å². The Hall–Kier alpha value is -1.61. The van der Waals surface area contributed by atoms with Crippen molar-refractivity contribution < 1.29 is 0 Å². The Bertz CT molecular complexity index is 600. The van der Waals surface area contributed by atoms with E-state index in [0.717, 1.165) is 24.2 Å². The largest absolute Gasteiger partial charge is 0.366 e. The van der Waals surface area contributed by atoms with Crippen LogP contribution in [0.3, 0.4) is 0 Å². The van der Waals surface area contributed by atoms with Gasteiger partial charge < -0.3 is 5.32 Å². The summed E-state index contributed by atoms with van der Waals surface area (Å²) in [4.78, 5) is 8.47. The lowest BCUT2D eigenvalue weighted by Crippen LogP contribution is -2.21. The van der Waals surface area contributed by atoms with Crippen molar-refractivity contribution in [3.05, 3.63) is 52.4 Å². The van der Waals surface area contributed by atoms with E-state index in [2.05, 4.69) is 53.4 Å². The molecule has 1 aromatic carbocycles. The lowest BCUT2D eigenvalue weighted by Gasteiger charge is -2.18. The number of rotatable bonds is 3. The lowest BCUT2D eigenvalue weighted by atomic mass is 10.1. The first kappa shape index (κ1) is 13.4. The van der Waals surface area contributed by atoms with Crippen LogP contribution in [0.25, 0.3) is 0 Å². The molecule has 1 aromatic heterocycles. The Balaban J connectivity index is 1.82. The molecule has 0 saturated heterocycles. The third-order valence-electron chi connectivity index (χ3n) is 3.80. The van der Waals surface area contributed by atoms with Crippen LogP contribution >= 0.6 is 11.6 Å². The molecule has 0 fully saturated rings. The fourth-order valence-electron chi connectivity index (χ4n) is 2.86. The van der Waals surface area contributed by atoms with Gasteiger partial charge in [0, 0.05) is 11.6 Å². The van der Waals surface area contributed by atoms with Gasteiger partial charge in [-0.05, 0) is 29.9 Å². The van der Waals surface area contributed by atoms with E-state index in [9.17, 15) is 0 Å². The minimum Gasteiger partial charge on any atom is -0.366 e. The van der Waals surface area contributed by atoms with Crippen LogP contribution in [0.4, 0.5) is 5.82 Å². The van der Waals surface area contributed by atoms with E-state index < -0.39 is 0 Å². The van der Waals surface area contributed by atoms with Gasteiger partial charge in [0.1, 0.15) is 17.3 Å². The molecule has 0 unspecified atom stereocenters. The molecule has 0 bridgehead atoms. The number of benzene rings is 1. The number of hydrogen-bond acceptors (Lipinski definition) is 3. The maximum Gasteiger partial charge on any atom is 0.138 e. The second-order valence-corrected chi connectivity index (χ2v) is 5.96. The molecule has 20 heavy (non-hydrogen) atoms. The molecular formula is C16H18ClN3. The third kappa shape index (κ3) is 2.50. The summed E-state index contributed by atoms with van der Waals surface area (Å²) >= 11 is 6.21. The topological polar surface area (TPSA) is 37.8 Å². The van der Waals surface area contributed by atoms with Gasteiger partial charge in [-0.1, -0.05) is 49.7 Å². The smallest absolute Gasteiger partial charge is 0.138 e. The first-order valence-corrected chi connectivity index (χ1v) is 7.36. The van der Waals surface area contributed by atoms with Crippen molar-refractivity contribution in [1.29, 1.82) is 0 Å². The lowest BCUT2D eigenvalue weighted by molar-refractivity contribution is 0.756. The van der Waals surface area contributed by atoms with E-state index in [1.165, 1.54) is 17.5 Å². The van der Waals surface area contributed by atoms with Crippen molar-refractivity contribution in [3.8, 4) is 0 Å². The van der Waals surface area contributed by atoms with Crippen molar-refractivity contribution >= 4 is 17.4 Å². The van der Waals surface area contributed by atoms with Crippen molar-refractivity contribution in [3.63, 3.8) is 0 Å². The van der Waals surface area contributed by atoms with Crippen LogP contribution in [-0.4, -0.2) is 16.0 Å². The van der Waals surface area contributed by atoms with Gasteiger partial charge in [-0.3, -0.25) is 0 Å². The maximum absolute atomic E-state index is 6.21. The second kappa shape index (κ2) is 5.41. The number of halogens is 1. The molecule has 104 valence electrons. The Labute approximate surface area is 124 Å². The zero-order valence-electron chi connectivity index (χ0n) is 11.7. The van der Waals surface area contributed by atoms with Crippen LogP contribution in [0.1, 0.15) is 36.5 Å². The fourth-order valence-corrected chi connectivity index (χ4v) is 3.21. The van der Waals surface area contributed by atoms with E-state index >= 15 is 0 Å². The van der Waals surface area contributed by atoms with E-state index in [0.29, 0.717) is 17.1 Å². The first-order valence-electron chi connectivity index (χ1n) is 6.99. The Kier molecular flexibility index (Phi) is 3.62. The van der Waals surface area contributed by atoms with Crippen LogP contribution in [0, 0.1) is 0 Å². The molecule has 0 amide bonds. The molecule has 1 aliphatic rings. The molecule has 3 nitrogen and oxygen atoms in total. The summed E-state index contributed by atoms with van der Waals surface area (Å²) in [6, 6.07) is 8.99. The number of nitrogens with zero attached hydrogens (tertiary/aromatic N) is 2. The maximum atomic E-state index is 6.21. The molecule has 1 heterocycles. The predicted molar refractivity (Wildman–Crippen MR) is 82.4 cm³/mol. The highest BCUT2D eigenvalue weighted by atomic mass is 35.5. The molecule has 1 N–H and O–H groups in total. The van der Waals surface area contributed by atoms with Gasteiger partial charge in [-0.25, -0.2) is 9.97 Å². The molecule has 3 rings (SSSR count). The van der Waals surface area contributed by atoms with E-state index in [-0.39, 0.29) is 0 Å². The van der Waals surface area contributed by atoms with Gasteiger partial charge in [-0.2, -0.15) is 0 Å². The monoisotopic (exact) mass is 287 g/mol. The fraction of sp³-hybridized carbons (Fsp3) is 0.375. The van der Waals surface area contributed by atoms with Gasteiger partial charge in [0.15, 0.2) is 0 Å². The first-order chi connectivity index (χ1) is 9.65. The average Bonchev–Trinajstić information content (AvgIpc) is 2.80. The highest BCUT2D eigenvalue weighted by Crippen LogP contribution is 2.30. The predicted octanol–water partition coefficient (Wildman–Crippen LogP) is 3.83. The molecule has 0 spiro atoms. The molecule has 0 atom stereocenters. The van der Waals surface area contributed by atoms with Crippen molar-refractivity contribution in [1.82, 2.24) is 9.97 Å². The van der Waals surface area contributed by atoms with Crippen molar-refractivity contribution in [2.45, 2.75) is 38.6 Å². The minimum absolute atomic E-state index is 0.301. The molecular weight excluding hydrogens is 270 g/mol. The van der Waals surface area contributed by atoms with Gasteiger partial charge in [-0.15, -0.1) is 0 Å². The summed E-state index contributed by atoms with van der Waals surface area (Å²) < 4.78 is 0. The van der Waals surface area contributed by atoms with Crippen LogP contribution in [0.2, 0.25) is 5.15 Å². The normalized spacial score (nSPS) is 14.6. The number of anilines is 1. The summed E-state index contributed by atoms with van der Waals surface area (Å²) in [6.45, 7) is 4.22. The molecule has 0 saturated carbocycles. The molecule has 4 heteroatoms. The van der Waals surface area contributed by atoms with E-state index in [4.69, 9.17) is 11.6 Å². The third-order valence-corrected chi connectivity index (χ3v) is 4.11. The summed E-state index contributed by atoms with van der Waals surface area (Å²) in [6.07, 6.45) is 3.60. The molecule has 2 aromatic rings. The highest BCUT2D eigenvalue weighted by Gasteiger charge is 2.23. The van der Waals surface area contributed by atoms with Gasteiger partial charge >= 0.3 is 0 Å². The Morgan fingerprint density at radius 2 is 1.80 bits per heavy atom. The van der Waals surface area contributed by atoms with Crippen molar-refractivity contribution in [2.75, 3.05) is 5.32 Å². The summed E-state index contributed by atoms with van der Waals surface area (Å²) in [5.74, 6) is 1.17. The SMILES string of the molecule is CC(C)c1c(Cl)ncnc1NC1Cc2ccccc2C1. The quantitative estimate of drug-likeness (QED) is 0.872. The average molecular weight is 288 g/mol. The van der Waals surface area contributed by atoms with Gasteiger partial charge in [0.2, 0.25) is 0 Å². The van der Waals surface area contributed by atoms with Gasteiger partial charge in [0.25, 0.3) is 0 Å². The summed E-state index contributed by atoms with van der Waals surface area (Å²) in [5.41, 5.74) is 3.86. The highest BCUT2D eigenvalue weighted by molar-refractivity contribution is 6.30. The Morgan fingerprint density at radius 1 is 1.15 bits per heavy atom.